The van der Waals surface area contributed by atoms with Gasteiger partial charge in [0.15, 0.2) is 5.75 Å². The standard InChI is InChI=1S/C34H27N9O11S3.3Na/c35-24-17-23(44)11-13-25(24)41-38-21-8-6-19(7-9-21)37-26-12-10-22(16-27(26)55(46,47)48)40-42-32-28(56(49,50)51)14-18-15-29(57(52,53)54)33(34(45)30(18)31(32)36)43-39-20-4-2-1-3-5-20;;;/h1-17,37,44-45H,35-36H2,(H,46,47,48)(H,49,50,51)(H,52,53,54);;;/q;3*+1/p-1. The Bertz CT molecular complexity index is 3020. The molecule has 0 aliphatic heterocycles. The molecule has 0 fully saturated rings. The summed E-state index contributed by atoms with van der Waals surface area (Å²) in [4.78, 5) is -2.82. The van der Waals surface area contributed by atoms with Crippen molar-refractivity contribution in [2.75, 3.05) is 16.8 Å². The van der Waals surface area contributed by atoms with E-state index in [1.54, 1.807) is 18.2 Å². The average molecular weight is 902 g/mol. The van der Waals surface area contributed by atoms with Gasteiger partial charge in [0, 0.05) is 11.8 Å². The molecule has 0 aromatic heterocycles. The predicted molar refractivity (Wildman–Crippen MR) is 205 cm³/mol. The first-order valence-corrected chi connectivity index (χ1v) is 20.0. The largest absolute Gasteiger partial charge is 1.00 e. The van der Waals surface area contributed by atoms with Crippen LogP contribution in [0.25, 0.3) is 10.8 Å². The number of hydrogen-bond acceptors (Lipinski definition) is 18. The minimum atomic E-state index is -5.38. The zero-order valence-corrected chi connectivity index (χ0v) is 40.0. The Hall–Kier alpha value is -3.89. The molecule has 0 saturated carbocycles. The maximum atomic E-state index is 12.5. The SMILES string of the molecule is Nc1cc(O)ccc1N=Nc1ccc(Nc2ccc(N=Nc3c(S(=O)(=O)O)cc4cc(S(=O)(=O)[O-])c(N=Nc5ccccc5)c(O)c4c3N)cc2S(=O)(=O)O)cc1.[Na+].[Na+].[Na+]. The molecule has 6 aromatic rings. The minimum absolute atomic E-state index is 0. The number of nitrogens with two attached hydrogens (primary N) is 2. The molecule has 6 rings (SSSR count). The minimum Gasteiger partial charge on any atom is -0.744 e. The van der Waals surface area contributed by atoms with Crippen molar-refractivity contribution < 1.29 is 138 Å². The molecule has 292 valence electrons. The number of rotatable bonds is 11. The fraction of sp³-hybridized carbons (Fsp3) is 0. The first-order chi connectivity index (χ1) is 26.8. The Balaban J connectivity index is 0.00000320. The molecule has 0 saturated heterocycles. The number of hydrogen-bond donors (Lipinski definition) is 7. The molecule has 20 nitrogen and oxygen atoms in total. The molecular formula is C34H26N9Na3O11S3+2. The van der Waals surface area contributed by atoms with Gasteiger partial charge in [-0.05, 0) is 84.2 Å². The summed E-state index contributed by atoms with van der Waals surface area (Å²) in [6.45, 7) is 0. The van der Waals surface area contributed by atoms with Crippen LogP contribution in [0.3, 0.4) is 0 Å². The molecule has 0 unspecified atom stereocenters. The zero-order chi connectivity index (χ0) is 41.3. The molecule has 0 amide bonds. The van der Waals surface area contributed by atoms with E-state index in [1.807, 2.05) is 0 Å². The number of nitrogens with zero attached hydrogens (tertiary/aromatic N) is 6. The van der Waals surface area contributed by atoms with Crippen LogP contribution in [0.5, 0.6) is 11.5 Å². The maximum absolute atomic E-state index is 12.5. The fourth-order valence-corrected chi connectivity index (χ4v) is 7.19. The third-order valence-corrected chi connectivity index (χ3v) is 10.4. The Morgan fingerprint density at radius 3 is 1.72 bits per heavy atom. The Labute approximate surface area is 408 Å². The number of azo groups is 3. The van der Waals surface area contributed by atoms with E-state index in [1.165, 1.54) is 66.7 Å². The van der Waals surface area contributed by atoms with Crippen LogP contribution < -0.4 is 105 Å². The first-order valence-electron chi connectivity index (χ1n) is 15.7. The molecule has 26 heteroatoms. The van der Waals surface area contributed by atoms with Crippen LogP contribution in [0, 0.1) is 0 Å². The van der Waals surface area contributed by atoms with Gasteiger partial charge >= 0.3 is 88.7 Å². The summed E-state index contributed by atoms with van der Waals surface area (Å²) in [7, 11) is -15.6. The molecule has 0 bridgehead atoms. The number of fused-ring (bicyclic) bond motifs is 1. The van der Waals surface area contributed by atoms with Gasteiger partial charge in [-0.1, -0.05) is 18.2 Å². The molecule has 0 aliphatic carbocycles. The van der Waals surface area contributed by atoms with Crippen LogP contribution in [0.4, 0.5) is 56.9 Å². The van der Waals surface area contributed by atoms with E-state index in [-0.39, 0.29) is 117 Å². The molecule has 0 atom stereocenters. The van der Waals surface area contributed by atoms with Gasteiger partial charge in [0.2, 0.25) is 0 Å². The summed E-state index contributed by atoms with van der Waals surface area (Å²) in [6.07, 6.45) is 0. The number of nitrogen functional groups attached to an aromatic ring is 2. The molecular weight excluding hydrogens is 876 g/mol. The second-order valence-electron chi connectivity index (χ2n) is 11.7. The van der Waals surface area contributed by atoms with E-state index in [0.717, 1.165) is 6.07 Å². The number of phenolic OH excluding ortho intramolecular Hbond substituents is 2. The van der Waals surface area contributed by atoms with Gasteiger partial charge in [-0.15, -0.1) is 15.3 Å². The van der Waals surface area contributed by atoms with Gasteiger partial charge < -0.3 is 31.5 Å². The second kappa shape index (κ2) is 20.3. The van der Waals surface area contributed by atoms with Crippen LogP contribution in [0.1, 0.15) is 0 Å². The van der Waals surface area contributed by atoms with E-state index in [4.69, 9.17) is 11.5 Å². The van der Waals surface area contributed by atoms with Crippen molar-refractivity contribution in [3.8, 4) is 11.5 Å². The van der Waals surface area contributed by atoms with Crippen molar-refractivity contribution in [2.24, 2.45) is 30.7 Å². The second-order valence-corrected chi connectivity index (χ2v) is 15.9. The van der Waals surface area contributed by atoms with E-state index >= 15 is 0 Å². The molecule has 9 N–H and O–H groups in total. The topological polar surface area (TPSA) is 345 Å². The Morgan fingerprint density at radius 1 is 0.567 bits per heavy atom. The number of phenols is 2. The van der Waals surface area contributed by atoms with E-state index in [0.29, 0.717) is 29.2 Å². The Kier molecular flexibility index (Phi) is 17.1. The zero-order valence-electron chi connectivity index (χ0n) is 31.5. The summed E-state index contributed by atoms with van der Waals surface area (Å²) in [6, 6.07) is 22.7. The van der Waals surface area contributed by atoms with E-state index in [2.05, 4.69) is 36.0 Å². The van der Waals surface area contributed by atoms with Gasteiger partial charge in [-0.3, -0.25) is 9.11 Å². The van der Waals surface area contributed by atoms with Crippen LogP contribution in [-0.2, 0) is 30.4 Å². The summed E-state index contributed by atoms with van der Waals surface area (Å²) in [5, 5.41) is 46.0. The normalized spacial score (nSPS) is 12.0. The third-order valence-electron chi connectivity index (χ3n) is 7.82. The van der Waals surface area contributed by atoms with Crippen LogP contribution in [0.15, 0.2) is 149 Å². The van der Waals surface area contributed by atoms with Crippen molar-refractivity contribution >= 4 is 98.0 Å². The average Bonchev–Trinajstić information content (AvgIpc) is 3.13. The van der Waals surface area contributed by atoms with Gasteiger partial charge in [0.25, 0.3) is 20.2 Å². The molecule has 60 heavy (non-hydrogen) atoms. The van der Waals surface area contributed by atoms with E-state index in [9.17, 15) is 49.1 Å². The summed E-state index contributed by atoms with van der Waals surface area (Å²) >= 11 is 0. The predicted octanol–water partition coefficient (Wildman–Crippen LogP) is -1.19. The summed E-state index contributed by atoms with van der Waals surface area (Å²) in [5.74, 6) is -1.05. The quantitative estimate of drug-likeness (QED) is 0.0348. The molecule has 0 aliphatic rings. The van der Waals surface area contributed by atoms with Crippen molar-refractivity contribution in [3.63, 3.8) is 0 Å². The van der Waals surface area contributed by atoms with Crippen LogP contribution >= 0.6 is 0 Å². The van der Waals surface area contributed by atoms with Gasteiger partial charge in [-0.2, -0.15) is 32.2 Å². The summed E-state index contributed by atoms with van der Waals surface area (Å²) < 4.78 is 107. The molecule has 0 radical (unpaired) electrons. The first kappa shape index (κ1) is 50.5. The number of aromatic hydroxyl groups is 2. The smallest absolute Gasteiger partial charge is 0.744 e. The molecule has 0 spiro atoms. The van der Waals surface area contributed by atoms with Crippen molar-refractivity contribution in [1.29, 1.82) is 0 Å². The number of benzene rings is 6. The Morgan fingerprint density at radius 2 is 1.12 bits per heavy atom. The monoisotopic (exact) mass is 901 g/mol. The maximum Gasteiger partial charge on any atom is 1.00 e. The fourth-order valence-electron chi connectivity index (χ4n) is 5.21. The number of anilines is 4. The number of nitrogens with one attached hydrogen (secondary N) is 1. The van der Waals surface area contributed by atoms with E-state index < -0.39 is 78.6 Å². The van der Waals surface area contributed by atoms with Crippen LogP contribution in [0.2, 0.25) is 0 Å². The summed E-state index contributed by atoms with van der Waals surface area (Å²) in [5.41, 5.74) is 10.8. The molecule has 6 aromatic carbocycles. The third kappa shape index (κ3) is 11.9. The van der Waals surface area contributed by atoms with Crippen molar-refractivity contribution in [2.45, 2.75) is 14.7 Å². The van der Waals surface area contributed by atoms with Crippen LogP contribution in [-0.4, -0.2) is 49.1 Å². The van der Waals surface area contributed by atoms with Crippen molar-refractivity contribution in [3.05, 3.63) is 103 Å². The van der Waals surface area contributed by atoms with Gasteiger partial charge in [0.05, 0.1) is 44.4 Å². The molecule has 0 heterocycles. The van der Waals surface area contributed by atoms with Crippen molar-refractivity contribution in [1.82, 2.24) is 0 Å². The van der Waals surface area contributed by atoms with Gasteiger partial charge in [0.1, 0.15) is 42.7 Å². The van der Waals surface area contributed by atoms with Gasteiger partial charge in [-0.25, -0.2) is 8.42 Å².